The third-order valence-electron chi connectivity index (χ3n) is 4.10. The molecule has 0 atom stereocenters. The van der Waals surface area contributed by atoms with Gasteiger partial charge < -0.3 is 9.59 Å². The monoisotopic (exact) mass is 288 g/mol. The van der Waals surface area contributed by atoms with E-state index < -0.39 is 0 Å². The number of aliphatic hydroxyl groups excluding tert-OH is 1. The van der Waals surface area contributed by atoms with Crippen molar-refractivity contribution in [2.45, 2.75) is 99.1 Å². The molecule has 0 radical (unpaired) electrons. The van der Waals surface area contributed by atoms with Crippen LogP contribution in [-0.2, 0) is 0 Å². The molecular formula is C18H42NO+. The molecule has 0 rings (SSSR count). The minimum Gasteiger partial charge on any atom is -0.394 e. The Morgan fingerprint density at radius 1 is 0.800 bits per heavy atom. The molecule has 2 heteroatoms. The Morgan fingerprint density at radius 3 is 1.30 bits per heavy atom. The van der Waals surface area contributed by atoms with E-state index in [2.05, 4.69) is 41.5 Å². The van der Waals surface area contributed by atoms with E-state index in [9.17, 15) is 0 Å². The van der Waals surface area contributed by atoms with Gasteiger partial charge in [0.05, 0.1) is 25.2 Å². The van der Waals surface area contributed by atoms with E-state index in [1.165, 1.54) is 56.2 Å². The van der Waals surface area contributed by atoms with E-state index in [-0.39, 0.29) is 6.10 Å². The number of aliphatic hydroxyl groups is 1. The summed E-state index contributed by atoms with van der Waals surface area (Å²) in [4.78, 5) is 0. The van der Waals surface area contributed by atoms with Gasteiger partial charge in [-0.1, -0.05) is 34.1 Å². The van der Waals surface area contributed by atoms with Crippen LogP contribution in [0.3, 0.4) is 0 Å². The van der Waals surface area contributed by atoms with Gasteiger partial charge in [-0.3, -0.25) is 0 Å². The van der Waals surface area contributed by atoms with Crippen LogP contribution in [0.2, 0.25) is 0 Å². The van der Waals surface area contributed by atoms with Crippen LogP contribution in [-0.4, -0.2) is 40.9 Å². The Bertz CT molecular complexity index is 192. The smallest absolute Gasteiger partial charge is 0.0935 e. The van der Waals surface area contributed by atoms with Crippen LogP contribution in [0, 0.1) is 0 Å². The molecule has 0 aliphatic heterocycles. The number of hydrogen-bond acceptors (Lipinski definition) is 1. The first-order chi connectivity index (χ1) is 9.22. The van der Waals surface area contributed by atoms with Crippen molar-refractivity contribution in [2.75, 3.05) is 19.6 Å². The second kappa shape index (κ2) is 11.6. The lowest BCUT2D eigenvalue weighted by atomic mass is 9.91. The van der Waals surface area contributed by atoms with Gasteiger partial charge in [0.2, 0.25) is 0 Å². The first-order valence-electron chi connectivity index (χ1n) is 8.77. The normalized spacial score (nSPS) is 12.3. The molecule has 0 amide bonds. The van der Waals surface area contributed by atoms with Crippen molar-refractivity contribution >= 4 is 0 Å². The Labute approximate surface area is 129 Å². The van der Waals surface area contributed by atoms with Gasteiger partial charge in [0, 0.05) is 12.5 Å². The molecule has 0 bridgehead atoms. The van der Waals surface area contributed by atoms with E-state index in [1.54, 1.807) is 13.8 Å². The lowest BCUT2D eigenvalue weighted by Crippen LogP contribution is -2.62. The molecule has 0 aromatic rings. The number of nitrogens with zero attached hydrogens (tertiary/aromatic N) is 1. The van der Waals surface area contributed by atoms with Crippen LogP contribution < -0.4 is 0 Å². The van der Waals surface area contributed by atoms with Crippen LogP contribution in [0.15, 0.2) is 0 Å². The minimum atomic E-state index is -0.167. The molecule has 0 spiro atoms. The summed E-state index contributed by atoms with van der Waals surface area (Å²) in [6, 6.07) is 0. The van der Waals surface area contributed by atoms with Crippen molar-refractivity contribution in [3.63, 3.8) is 0 Å². The first kappa shape index (κ1) is 22.2. The largest absolute Gasteiger partial charge is 0.394 e. The van der Waals surface area contributed by atoms with Gasteiger partial charge in [-0.05, 0) is 47.0 Å². The Morgan fingerprint density at radius 2 is 1.10 bits per heavy atom. The van der Waals surface area contributed by atoms with E-state index in [4.69, 9.17) is 5.11 Å². The fraction of sp³-hybridized carbons (Fsp3) is 1.00. The molecular weight excluding hydrogens is 246 g/mol. The predicted molar refractivity (Wildman–Crippen MR) is 92.1 cm³/mol. The van der Waals surface area contributed by atoms with Crippen molar-refractivity contribution in [3.05, 3.63) is 0 Å². The highest BCUT2D eigenvalue weighted by Gasteiger charge is 2.40. The van der Waals surface area contributed by atoms with Gasteiger partial charge >= 0.3 is 0 Å². The van der Waals surface area contributed by atoms with Crippen LogP contribution >= 0.6 is 0 Å². The lowest BCUT2D eigenvalue weighted by molar-refractivity contribution is -0.973. The van der Waals surface area contributed by atoms with Gasteiger partial charge in [-0.2, -0.15) is 0 Å². The summed E-state index contributed by atoms with van der Waals surface area (Å²) in [6.07, 6.45) is 6.44. The summed E-state index contributed by atoms with van der Waals surface area (Å²) in [5, 5.41) is 8.06. The van der Waals surface area contributed by atoms with Crippen molar-refractivity contribution < 1.29 is 9.59 Å². The molecule has 0 fully saturated rings. The number of rotatable bonds is 9. The maximum Gasteiger partial charge on any atom is 0.0935 e. The lowest BCUT2D eigenvalue weighted by Gasteiger charge is -2.51. The fourth-order valence-electron chi connectivity index (χ4n) is 3.38. The third-order valence-corrected chi connectivity index (χ3v) is 4.10. The molecule has 2 nitrogen and oxygen atoms in total. The second-order valence-electron chi connectivity index (χ2n) is 6.97. The summed E-state index contributed by atoms with van der Waals surface area (Å²) in [5.74, 6) is 0. The van der Waals surface area contributed by atoms with Crippen molar-refractivity contribution in [1.29, 1.82) is 0 Å². The number of quaternary nitrogens is 1. The molecule has 0 aliphatic carbocycles. The van der Waals surface area contributed by atoms with E-state index in [0.717, 1.165) is 0 Å². The van der Waals surface area contributed by atoms with Gasteiger partial charge in [0.1, 0.15) is 0 Å². The zero-order valence-electron chi connectivity index (χ0n) is 15.6. The Balaban J connectivity index is 0. The van der Waals surface area contributed by atoms with Crippen molar-refractivity contribution in [1.82, 2.24) is 0 Å². The number of hydrogen-bond donors (Lipinski definition) is 1. The molecule has 0 aliphatic rings. The average Bonchev–Trinajstić information content (AvgIpc) is 2.28. The van der Waals surface area contributed by atoms with Crippen LogP contribution in [0.25, 0.3) is 0 Å². The fourth-order valence-corrected chi connectivity index (χ4v) is 3.38. The molecule has 20 heavy (non-hydrogen) atoms. The summed E-state index contributed by atoms with van der Waals surface area (Å²) in [6.45, 7) is 21.8. The Hall–Kier alpha value is -0.0800. The Kier molecular flexibility index (Phi) is 12.8. The molecule has 0 heterocycles. The van der Waals surface area contributed by atoms with Crippen LogP contribution in [0.5, 0.6) is 0 Å². The maximum atomic E-state index is 8.06. The van der Waals surface area contributed by atoms with Gasteiger partial charge in [0.15, 0.2) is 0 Å². The van der Waals surface area contributed by atoms with Crippen LogP contribution in [0.1, 0.15) is 87.5 Å². The molecule has 0 aromatic heterocycles. The summed E-state index contributed by atoms with van der Waals surface area (Å²) < 4.78 is 1.34. The van der Waals surface area contributed by atoms with Gasteiger partial charge in [0.25, 0.3) is 0 Å². The average molecular weight is 289 g/mol. The highest BCUT2D eigenvalue weighted by atomic mass is 16.3. The molecule has 0 saturated heterocycles. The minimum absolute atomic E-state index is 0.167. The quantitative estimate of drug-likeness (QED) is 0.592. The maximum absolute atomic E-state index is 8.06. The van der Waals surface area contributed by atoms with Crippen molar-refractivity contribution in [3.8, 4) is 0 Å². The SMILES string of the molecule is CC(C)O.CCCC(C)(C)[N+](CCC)(CCC)CCC. The summed E-state index contributed by atoms with van der Waals surface area (Å²) in [5.41, 5.74) is 0.455. The molecule has 1 N–H and O–H groups in total. The molecule has 0 aromatic carbocycles. The van der Waals surface area contributed by atoms with E-state index in [0.29, 0.717) is 5.54 Å². The summed E-state index contributed by atoms with van der Waals surface area (Å²) >= 11 is 0. The molecule has 0 saturated carbocycles. The summed E-state index contributed by atoms with van der Waals surface area (Å²) in [7, 11) is 0. The zero-order valence-corrected chi connectivity index (χ0v) is 15.6. The standard InChI is InChI=1S/C15H34N.C3H8O/c1-7-11-15(5,6)16(12-8-2,13-9-3)14-10-4;1-3(2)4/h7-14H2,1-6H3;3-4H,1-2H3/q+1;. The zero-order chi connectivity index (χ0) is 16.2. The topological polar surface area (TPSA) is 20.2 Å². The third kappa shape index (κ3) is 8.26. The van der Waals surface area contributed by atoms with Gasteiger partial charge in [-0.15, -0.1) is 0 Å². The van der Waals surface area contributed by atoms with E-state index >= 15 is 0 Å². The second-order valence-corrected chi connectivity index (χ2v) is 6.97. The molecule has 0 unspecified atom stereocenters. The molecule has 124 valence electrons. The van der Waals surface area contributed by atoms with Gasteiger partial charge in [-0.25, -0.2) is 0 Å². The highest BCUT2D eigenvalue weighted by molar-refractivity contribution is 4.71. The van der Waals surface area contributed by atoms with Crippen molar-refractivity contribution in [2.24, 2.45) is 0 Å². The predicted octanol–water partition coefficient (Wildman–Crippen LogP) is 5.00. The van der Waals surface area contributed by atoms with Crippen LogP contribution in [0.4, 0.5) is 0 Å². The van der Waals surface area contributed by atoms with E-state index in [1.807, 2.05) is 0 Å². The highest BCUT2D eigenvalue weighted by Crippen LogP contribution is 2.31. The first-order valence-corrected chi connectivity index (χ1v) is 8.77.